The van der Waals surface area contributed by atoms with E-state index in [1.54, 1.807) is 24.3 Å². The molecule has 1 aliphatic carbocycles. The first kappa shape index (κ1) is 15.5. The summed E-state index contributed by atoms with van der Waals surface area (Å²) < 4.78 is 27.9. The lowest BCUT2D eigenvalue weighted by atomic mass is 9.74. The van der Waals surface area contributed by atoms with Crippen LogP contribution in [-0.4, -0.2) is 14.5 Å². The molecule has 20 heavy (non-hydrogen) atoms. The Morgan fingerprint density at radius 2 is 1.80 bits per heavy atom. The van der Waals surface area contributed by atoms with Crippen LogP contribution < -0.4 is 4.72 Å². The molecule has 2 rings (SSSR count). The molecule has 0 spiro atoms. The van der Waals surface area contributed by atoms with Crippen molar-refractivity contribution in [1.82, 2.24) is 4.72 Å². The van der Waals surface area contributed by atoms with Gasteiger partial charge in [-0.3, -0.25) is 0 Å². The number of nitrogens with one attached hydrogen (secondary N) is 1. The molecule has 1 aromatic rings. The van der Waals surface area contributed by atoms with Gasteiger partial charge in [0.2, 0.25) is 10.0 Å². The van der Waals surface area contributed by atoms with E-state index in [-0.39, 0.29) is 6.04 Å². The predicted molar refractivity (Wildman–Crippen MR) is 81.9 cm³/mol. The summed E-state index contributed by atoms with van der Waals surface area (Å²) in [5.41, 5.74) is 0. The number of sulfonamides is 1. The van der Waals surface area contributed by atoms with Crippen LogP contribution in [0.25, 0.3) is 0 Å². The van der Waals surface area contributed by atoms with Gasteiger partial charge >= 0.3 is 0 Å². The molecule has 0 aliphatic heterocycles. The van der Waals surface area contributed by atoms with Crippen molar-refractivity contribution in [2.24, 2.45) is 17.8 Å². The second kappa shape index (κ2) is 6.27. The van der Waals surface area contributed by atoms with Gasteiger partial charge in [-0.15, -0.1) is 0 Å². The van der Waals surface area contributed by atoms with Gasteiger partial charge in [0.05, 0.1) is 4.90 Å². The van der Waals surface area contributed by atoms with Crippen LogP contribution in [0.5, 0.6) is 0 Å². The Bertz CT molecular complexity index is 525. The van der Waals surface area contributed by atoms with Crippen LogP contribution in [0.1, 0.15) is 40.0 Å². The van der Waals surface area contributed by atoms with Crippen molar-refractivity contribution in [3.8, 4) is 0 Å². The first-order valence-electron chi connectivity index (χ1n) is 7.47. The first-order chi connectivity index (χ1) is 9.40. The van der Waals surface area contributed by atoms with Gasteiger partial charge in [0, 0.05) is 6.04 Å². The van der Waals surface area contributed by atoms with E-state index in [1.807, 2.05) is 6.07 Å². The van der Waals surface area contributed by atoms with E-state index < -0.39 is 10.0 Å². The minimum atomic E-state index is -3.40. The fraction of sp³-hybridized carbons (Fsp3) is 0.625. The van der Waals surface area contributed by atoms with E-state index in [0.29, 0.717) is 22.6 Å². The predicted octanol–water partition coefficient (Wildman–Crippen LogP) is 3.43. The highest BCUT2D eigenvalue weighted by atomic mass is 32.2. The van der Waals surface area contributed by atoms with Crippen molar-refractivity contribution in [2.45, 2.75) is 51.0 Å². The second-order valence-electron chi connectivity index (χ2n) is 6.37. The summed E-state index contributed by atoms with van der Waals surface area (Å²) in [7, 11) is -3.40. The molecule has 3 nitrogen and oxygen atoms in total. The fourth-order valence-corrected chi connectivity index (χ4v) is 4.53. The molecule has 0 heterocycles. The average molecular weight is 295 g/mol. The minimum Gasteiger partial charge on any atom is -0.208 e. The third-order valence-electron chi connectivity index (χ3n) is 4.38. The van der Waals surface area contributed by atoms with Gasteiger partial charge in [-0.2, -0.15) is 0 Å². The topological polar surface area (TPSA) is 46.2 Å². The van der Waals surface area contributed by atoms with Gasteiger partial charge in [0.15, 0.2) is 0 Å². The van der Waals surface area contributed by atoms with Crippen molar-refractivity contribution in [2.75, 3.05) is 0 Å². The Labute approximate surface area is 122 Å². The van der Waals surface area contributed by atoms with Crippen molar-refractivity contribution in [3.05, 3.63) is 30.3 Å². The lowest BCUT2D eigenvalue weighted by molar-refractivity contribution is 0.188. The van der Waals surface area contributed by atoms with Gasteiger partial charge in [0.1, 0.15) is 0 Å². The molecule has 1 fully saturated rings. The zero-order valence-electron chi connectivity index (χ0n) is 12.5. The maximum atomic E-state index is 12.5. The molecule has 1 N–H and O–H groups in total. The summed E-state index contributed by atoms with van der Waals surface area (Å²) in [6.07, 6.45) is 3.25. The molecule has 4 heteroatoms. The molecule has 0 amide bonds. The standard InChI is InChI=1S/C16H25NO2S/c1-12(2)15-10-9-13(3)11-16(15)17-20(18,19)14-7-5-4-6-8-14/h4-8,12-13,15-17H,9-11H2,1-3H3/t13-,15-,16-/m1/s1. The van der Waals surface area contributed by atoms with Crippen LogP contribution in [0, 0.1) is 17.8 Å². The Morgan fingerprint density at radius 3 is 2.40 bits per heavy atom. The highest BCUT2D eigenvalue weighted by molar-refractivity contribution is 7.89. The molecule has 112 valence electrons. The first-order valence-corrected chi connectivity index (χ1v) is 8.96. The van der Waals surface area contributed by atoms with Gasteiger partial charge in [-0.05, 0) is 42.7 Å². The van der Waals surface area contributed by atoms with Gasteiger partial charge in [0.25, 0.3) is 0 Å². The number of benzene rings is 1. The van der Waals surface area contributed by atoms with E-state index in [2.05, 4.69) is 25.5 Å². The monoisotopic (exact) mass is 295 g/mol. The number of rotatable bonds is 4. The Hall–Kier alpha value is -0.870. The molecular formula is C16H25NO2S. The van der Waals surface area contributed by atoms with Crippen LogP contribution in [0.15, 0.2) is 35.2 Å². The third-order valence-corrected chi connectivity index (χ3v) is 5.89. The van der Waals surface area contributed by atoms with Crippen molar-refractivity contribution in [3.63, 3.8) is 0 Å². The zero-order valence-corrected chi connectivity index (χ0v) is 13.4. The van der Waals surface area contributed by atoms with Crippen LogP contribution in [0.4, 0.5) is 0 Å². The summed E-state index contributed by atoms with van der Waals surface area (Å²) in [6.45, 7) is 6.58. The summed E-state index contributed by atoms with van der Waals surface area (Å²) in [6, 6.07) is 8.72. The quantitative estimate of drug-likeness (QED) is 0.925. The van der Waals surface area contributed by atoms with Crippen molar-refractivity contribution < 1.29 is 8.42 Å². The largest absolute Gasteiger partial charge is 0.240 e. The SMILES string of the molecule is CC(C)[C@H]1CC[C@@H](C)C[C@H]1NS(=O)(=O)c1ccccc1. The van der Waals surface area contributed by atoms with E-state index in [4.69, 9.17) is 0 Å². The molecule has 0 radical (unpaired) electrons. The van der Waals surface area contributed by atoms with Crippen LogP contribution >= 0.6 is 0 Å². The van der Waals surface area contributed by atoms with E-state index in [0.717, 1.165) is 12.8 Å². The van der Waals surface area contributed by atoms with E-state index in [9.17, 15) is 8.42 Å². The Kier molecular flexibility index (Phi) is 4.86. The van der Waals surface area contributed by atoms with Crippen LogP contribution in [0.2, 0.25) is 0 Å². The number of hydrogen-bond acceptors (Lipinski definition) is 2. The molecule has 1 saturated carbocycles. The van der Waals surface area contributed by atoms with Gasteiger partial charge in [-0.1, -0.05) is 45.4 Å². The molecule has 1 aromatic carbocycles. The van der Waals surface area contributed by atoms with Crippen molar-refractivity contribution in [1.29, 1.82) is 0 Å². The molecule has 3 atom stereocenters. The summed E-state index contributed by atoms with van der Waals surface area (Å²) in [4.78, 5) is 0.362. The summed E-state index contributed by atoms with van der Waals surface area (Å²) in [5.74, 6) is 1.53. The van der Waals surface area contributed by atoms with Gasteiger partial charge < -0.3 is 0 Å². The second-order valence-corrected chi connectivity index (χ2v) is 8.08. The lowest BCUT2D eigenvalue weighted by Gasteiger charge is -2.37. The van der Waals surface area contributed by atoms with Crippen molar-refractivity contribution >= 4 is 10.0 Å². The molecule has 0 bridgehead atoms. The highest BCUT2D eigenvalue weighted by Gasteiger charge is 2.33. The minimum absolute atomic E-state index is 0.0592. The molecule has 0 unspecified atom stereocenters. The zero-order chi connectivity index (χ0) is 14.8. The summed E-state index contributed by atoms with van der Waals surface area (Å²) >= 11 is 0. The molecule has 0 saturated heterocycles. The van der Waals surface area contributed by atoms with Crippen LogP contribution in [-0.2, 0) is 10.0 Å². The maximum absolute atomic E-state index is 12.5. The van der Waals surface area contributed by atoms with E-state index in [1.165, 1.54) is 6.42 Å². The van der Waals surface area contributed by atoms with Crippen LogP contribution in [0.3, 0.4) is 0 Å². The normalized spacial score (nSPS) is 27.7. The lowest BCUT2D eigenvalue weighted by Crippen LogP contribution is -2.45. The Balaban J connectivity index is 2.18. The molecule has 1 aliphatic rings. The molecular weight excluding hydrogens is 270 g/mol. The third kappa shape index (κ3) is 3.61. The van der Waals surface area contributed by atoms with Gasteiger partial charge in [-0.25, -0.2) is 13.1 Å². The van der Waals surface area contributed by atoms with E-state index >= 15 is 0 Å². The fourth-order valence-electron chi connectivity index (χ4n) is 3.20. The average Bonchev–Trinajstić information content (AvgIpc) is 2.39. The molecule has 0 aromatic heterocycles. The maximum Gasteiger partial charge on any atom is 0.240 e. The number of hydrogen-bond donors (Lipinski definition) is 1. The Morgan fingerprint density at radius 1 is 1.15 bits per heavy atom. The summed E-state index contributed by atoms with van der Waals surface area (Å²) in [5, 5.41) is 0. The smallest absolute Gasteiger partial charge is 0.208 e. The highest BCUT2D eigenvalue weighted by Crippen LogP contribution is 2.34.